The number of likely N-dealkylation sites (N-methyl/N-ethyl adjacent to an activating group) is 1. The topological polar surface area (TPSA) is 49.6 Å². The average molecular weight is 185 g/mol. The molecule has 0 aromatic carbocycles. The lowest BCUT2D eigenvalue weighted by atomic mass is 10.2. The van der Waals surface area contributed by atoms with Gasteiger partial charge in [-0.05, 0) is 13.8 Å². The molecular formula is C9H19N3O. The van der Waals surface area contributed by atoms with E-state index in [-0.39, 0.29) is 5.91 Å². The van der Waals surface area contributed by atoms with E-state index in [1.54, 1.807) is 0 Å². The molecule has 1 aliphatic rings. The molecule has 0 spiro atoms. The molecule has 4 heteroatoms. The van der Waals surface area contributed by atoms with E-state index >= 15 is 0 Å². The van der Waals surface area contributed by atoms with Crippen LogP contribution >= 0.6 is 0 Å². The molecule has 76 valence electrons. The zero-order valence-electron chi connectivity index (χ0n) is 8.49. The van der Waals surface area contributed by atoms with Crippen LogP contribution in [0.5, 0.6) is 0 Å². The van der Waals surface area contributed by atoms with Crippen LogP contribution in [0.3, 0.4) is 0 Å². The molecule has 0 aliphatic carbocycles. The molecule has 1 fully saturated rings. The van der Waals surface area contributed by atoms with Crippen LogP contribution < -0.4 is 5.73 Å². The Kier molecular flexibility index (Phi) is 3.69. The van der Waals surface area contributed by atoms with Crippen molar-refractivity contribution in [3.8, 4) is 0 Å². The molecule has 2 N–H and O–H groups in total. The molecule has 0 bridgehead atoms. The molecule has 0 aromatic rings. The first-order valence-corrected chi connectivity index (χ1v) is 4.91. The third-order valence-electron chi connectivity index (χ3n) is 2.52. The van der Waals surface area contributed by atoms with E-state index in [9.17, 15) is 4.79 Å². The van der Waals surface area contributed by atoms with E-state index in [2.05, 4.69) is 11.8 Å². The lowest BCUT2D eigenvalue weighted by Crippen LogP contribution is -2.55. The normalized spacial score (nSPS) is 25.3. The van der Waals surface area contributed by atoms with Crippen LogP contribution in [-0.2, 0) is 4.79 Å². The maximum Gasteiger partial charge on any atom is 0.237 e. The standard InChI is InChI=1S/C9H19N3O/c1-3-12-8(2)6-11(5-4-10)7-9(12)13/h8H,3-7,10H2,1-2H3. The summed E-state index contributed by atoms with van der Waals surface area (Å²) in [5, 5.41) is 0. The van der Waals surface area contributed by atoms with Crippen LogP contribution in [0.15, 0.2) is 0 Å². The van der Waals surface area contributed by atoms with Gasteiger partial charge in [-0.2, -0.15) is 0 Å². The van der Waals surface area contributed by atoms with E-state index < -0.39 is 0 Å². The molecule has 1 rings (SSSR count). The molecule has 0 radical (unpaired) electrons. The van der Waals surface area contributed by atoms with Crippen molar-refractivity contribution in [3.05, 3.63) is 0 Å². The van der Waals surface area contributed by atoms with E-state index in [4.69, 9.17) is 5.73 Å². The Balaban J connectivity index is 2.51. The molecule has 1 unspecified atom stereocenters. The summed E-state index contributed by atoms with van der Waals surface area (Å²) in [6.07, 6.45) is 0. The number of hydrogen-bond donors (Lipinski definition) is 1. The number of piperazine rings is 1. The molecule has 1 aliphatic heterocycles. The van der Waals surface area contributed by atoms with Crippen LogP contribution in [0.4, 0.5) is 0 Å². The predicted octanol–water partition coefficient (Wildman–Crippen LogP) is -0.502. The monoisotopic (exact) mass is 185 g/mol. The number of carbonyl (C=O) groups excluding carboxylic acids is 1. The zero-order valence-corrected chi connectivity index (χ0v) is 8.49. The summed E-state index contributed by atoms with van der Waals surface area (Å²) in [4.78, 5) is 15.6. The summed E-state index contributed by atoms with van der Waals surface area (Å²) >= 11 is 0. The van der Waals surface area contributed by atoms with Gasteiger partial charge in [0.2, 0.25) is 5.91 Å². The second kappa shape index (κ2) is 4.58. The highest BCUT2D eigenvalue weighted by molar-refractivity contribution is 5.79. The Bertz CT molecular complexity index is 184. The van der Waals surface area contributed by atoms with Gasteiger partial charge in [-0.1, -0.05) is 0 Å². The van der Waals surface area contributed by atoms with Crippen molar-refractivity contribution >= 4 is 5.91 Å². The van der Waals surface area contributed by atoms with Crippen LogP contribution in [-0.4, -0.2) is 54.5 Å². The average Bonchev–Trinajstić information content (AvgIpc) is 2.04. The van der Waals surface area contributed by atoms with E-state index in [0.29, 0.717) is 19.1 Å². The Labute approximate surface area is 79.7 Å². The second-order valence-electron chi connectivity index (χ2n) is 3.55. The minimum Gasteiger partial charge on any atom is -0.338 e. The van der Waals surface area contributed by atoms with Crippen molar-refractivity contribution in [3.63, 3.8) is 0 Å². The van der Waals surface area contributed by atoms with Crippen molar-refractivity contribution in [2.45, 2.75) is 19.9 Å². The first kappa shape index (κ1) is 10.5. The Morgan fingerprint density at radius 2 is 2.31 bits per heavy atom. The third kappa shape index (κ3) is 2.42. The first-order chi connectivity index (χ1) is 6.19. The molecule has 0 aromatic heterocycles. The minimum absolute atomic E-state index is 0.231. The Morgan fingerprint density at radius 1 is 1.62 bits per heavy atom. The molecule has 13 heavy (non-hydrogen) atoms. The van der Waals surface area contributed by atoms with Gasteiger partial charge < -0.3 is 10.6 Å². The van der Waals surface area contributed by atoms with E-state index in [0.717, 1.165) is 19.6 Å². The molecule has 4 nitrogen and oxygen atoms in total. The molecular weight excluding hydrogens is 166 g/mol. The zero-order chi connectivity index (χ0) is 9.84. The highest BCUT2D eigenvalue weighted by Gasteiger charge is 2.27. The first-order valence-electron chi connectivity index (χ1n) is 4.91. The largest absolute Gasteiger partial charge is 0.338 e. The maximum absolute atomic E-state index is 11.6. The highest BCUT2D eigenvalue weighted by Crippen LogP contribution is 2.09. The second-order valence-corrected chi connectivity index (χ2v) is 3.55. The number of carbonyl (C=O) groups is 1. The van der Waals surface area contributed by atoms with Crippen molar-refractivity contribution in [1.29, 1.82) is 0 Å². The predicted molar refractivity (Wildman–Crippen MR) is 52.3 cm³/mol. The lowest BCUT2D eigenvalue weighted by Gasteiger charge is -2.38. The van der Waals surface area contributed by atoms with Gasteiger partial charge in [-0.15, -0.1) is 0 Å². The summed E-state index contributed by atoms with van der Waals surface area (Å²) in [6.45, 7) is 7.87. The van der Waals surface area contributed by atoms with Crippen molar-refractivity contribution in [2.24, 2.45) is 5.73 Å². The summed E-state index contributed by atoms with van der Waals surface area (Å²) in [7, 11) is 0. The number of amides is 1. The number of rotatable bonds is 3. The number of hydrogen-bond acceptors (Lipinski definition) is 3. The molecule has 1 saturated heterocycles. The SMILES string of the molecule is CCN1C(=O)CN(CCN)CC1C. The highest BCUT2D eigenvalue weighted by atomic mass is 16.2. The van der Waals surface area contributed by atoms with Crippen molar-refractivity contribution < 1.29 is 4.79 Å². The van der Waals surface area contributed by atoms with Crippen LogP contribution in [0.2, 0.25) is 0 Å². The summed E-state index contributed by atoms with van der Waals surface area (Å²) in [5.74, 6) is 0.231. The van der Waals surface area contributed by atoms with Gasteiger partial charge in [0.15, 0.2) is 0 Å². The van der Waals surface area contributed by atoms with Crippen LogP contribution in [0.1, 0.15) is 13.8 Å². The van der Waals surface area contributed by atoms with E-state index in [1.165, 1.54) is 0 Å². The fourth-order valence-electron chi connectivity index (χ4n) is 1.91. The van der Waals surface area contributed by atoms with Gasteiger partial charge in [0.05, 0.1) is 6.54 Å². The van der Waals surface area contributed by atoms with Crippen LogP contribution in [0, 0.1) is 0 Å². The van der Waals surface area contributed by atoms with Crippen LogP contribution in [0.25, 0.3) is 0 Å². The summed E-state index contributed by atoms with van der Waals surface area (Å²) in [6, 6.07) is 0.331. The molecule has 1 atom stereocenters. The quantitative estimate of drug-likeness (QED) is 0.645. The number of nitrogens with two attached hydrogens (primary N) is 1. The molecule has 0 saturated carbocycles. The molecule has 1 amide bonds. The fourth-order valence-corrected chi connectivity index (χ4v) is 1.91. The minimum atomic E-state index is 0.231. The lowest BCUT2D eigenvalue weighted by molar-refractivity contribution is -0.138. The van der Waals surface area contributed by atoms with Gasteiger partial charge in [-0.25, -0.2) is 0 Å². The van der Waals surface area contributed by atoms with Gasteiger partial charge in [0.1, 0.15) is 0 Å². The summed E-state index contributed by atoms with van der Waals surface area (Å²) in [5.41, 5.74) is 5.45. The summed E-state index contributed by atoms with van der Waals surface area (Å²) < 4.78 is 0. The Hall–Kier alpha value is -0.610. The Morgan fingerprint density at radius 3 is 2.77 bits per heavy atom. The molecule has 1 heterocycles. The third-order valence-corrected chi connectivity index (χ3v) is 2.52. The maximum atomic E-state index is 11.6. The van der Waals surface area contributed by atoms with Gasteiger partial charge >= 0.3 is 0 Å². The number of nitrogens with zero attached hydrogens (tertiary/aromatic N) is 2. The van der Waals surface area contributed by atoms with E-state index in [1.807, 2.05) is 11.8 Å². The van der Waals surface area contributed by atoms with Gasteiger partial charge in [0, 0.05) is 32.2 Å². The fraction of sp³-hybridized carbons (Fsp3) is 0.889. The smallest absolute Gasteiger partial charge is 0.237 e. The van der Waals surface area contributed by atoms with Crippen molar-refractivity contribution in [2.75, 3.05) is 32.7 Å². The van der Waals surface area contributed by atoms with Crippen molar-refractivity contribution in [1.82, 2.24) is 9.80 Å². The van der Waals surface area contributed by atoms with Gasteiger partial charge in [-0.3, -0.25) is 9.69 Å². The van der Waals surface area contributed by atoms with Gasteiger partial charge in [0.25, 0.3) is 0 Å².